The van der Waals surface area contributed by atoms with E-state index in [9.17, 15) is 8.78 Å². The number of benzene rings is 2. The van der Waals surface area contributed by atoms with Crippen LogP contribution in [-0.2, 0) is 13.0 Å². The van der Waals surface area contributed by atoms with Gasteiger partial charge in [0.05, 0.1) is 6.54 Å². The molecule has 122 valence electrons. The molecule has 3 aromatic rings. The molecule has 4 rings (SSSR count). The Labute approximate surface area is 139 Å². The Morgan fingerprint density at radius 1 is 1.04 bits per heavy atom. The molecule has 2 unspecified atom stereocenters. The Bertz CT molecular complexity index is 828. The first-order valence-corrected chi connectivity index (χ1v) is 8.07. The van der Waals surface area contributed by atoms with Gasteiger partial charge in [0, 0.05) is 5.92 Å². The van der Waals surface area contributed by atoms with Crippen LogP contribution in [0.4, 0.5) is 8.78 Å². The Kier molecular flexibility index (Phi) is 3.84. The first kappa shape index (κ1) is 15.0. The van der Waals surface area contributed by atoms with E-state index in [0.29, 0.717) is 6.54 Å². The third-order valence-electron chi connectivity index (χ3n) is 4.86. The second-order valence-corrected chi connectivity index (χ2v) is 6.26. The van der Waals surface area contributed by atoms with Crippen LogP contribution >= 0.6 is 0 Å². The Balaban J connectivity index is 1.75. The average molecular weight is 325 g/mol. The van der Waals surface area contributed by atoms with Gasteiger partial charge in [0.25, 0.3) is 0 Å². The van der Waals surface area contributed by atoms with Crippen molar-refractivity contribution in [3.8, 4) is 0 Å². The molecule has 24 heavy (non-hydrogen) atoms. The van der Waals surface area contributed by atoms with E-state index < -0.39 is 0 Å². The van der Waals surface area contributed by atoms with E-state index in [1.165, 1.54) is 24.5 Å². The Hall–Kier alpha value is -2.56. The summed E-state index contributed by atoms with van der Waals surface area (Å²) in [5, 5.41) is 4.21. The Morgan fingerprint density at radius 2 is 1.83 bits per heavy atom. The van der Waals surface area contributed by atoms with Gasteiger partial charge in [-0.3, -0.25) is 4.68 Å². The maximum Gasteiger partial charge on any atom is 0.137 e. The molecule has 0 saturated carbocycles. The lowest BCUT2D eigenvalue weighted by atomic mass is 9.72. The summed E-state index contributed by atoms with van der Waals surface area (Å²) in [5.74, 6) is -0.0346. The number of rotatable bonds is 3. The number of halogens is 2. The molecule has 1 aromatic heterocycles. The molecule has 2 atom stereocenters. The highest BCUT2D eigenvalue weighted by Gasteiger charge is 2.31. The molecule has 0 radical (unpaired) electrons. The predicted molar refractivity (Wildman–Crippen MR) is 86.6 cm³/mol. The van der Waals surface area contributed by atoms with Crippen LogP contribution in [0, 0.1) is 11.6 Å². The SMILES string of the molecule is Fc1ccc(C2CCc3cc(F)ccc3C2Cn2cncn2)cc1. The van der Waals surface area contributed by atoms with Gasteiger partial charge in [-0.2, -0.15) is 5.10 Å². The maximum atomic E-state index is 13.6. The molecule has 0 saturated heterocycles. The number of aryl methyl sites for hydroxylation is 1. The summed E-state index contributed by atoms with van der Waals surface area (Å²) < 4.78 is 28.7. The number of hydrogen-bond donors (Lipinski definition) is 0. The zero-order chi connectivity index (χ0) is 16.5. The van der Waals surface area contributed by atoms with Crippen molar-refractivity contribution in [1.29, 1.82) is 0 Å². The molecule has 0 N–H and O–H groups in total. The molecule has 1 heterocycles. The fraction of sp³-hybridized carbons (Fsp3) is 0.263. The zero-order valence-corrected chi connectivity index (χ0v) is 13.1. The van der Waals surface area contributed by atoms with E-state index in [1.807, 2.05) is 18.2 Å². The van der Waals surface area contributed by atoms with Crippen molar-refractivity contribution in [3.05, 3.63) is 83.4 Å². The monoisotopic (exact) mass is 325 g/mol. The van der Waals surface area contributed by atoms with E-state index in [4.69, 9.17) is 0 Å². The van der Waals surface area contributed by atoms with E-state index >= 15 is 0 Å². The molecule has 2 aromatic carbocycles. The van der Waals surface area contributed by atoms with Crippen molar-refractivity contribution in [1.82, 2.24) is 14.8 Å². The highest BCUT2D eigenvalue weighted by Crippen LogP contribution is 2.43. The first-order valence-electron chi connectivity index (χ1n) is 8.07. The van der Waals surface area contributed by atoms with Crippen LogP contribution in [0.5, 0.6) is 0 Å². The van der Waals surface area contributed by atoms with Gasteiger partial charge in [-0.15, -0.1) is 0 Å². The van der Waals surface area contributed by atoms with Crippen molar-refractivity contribution in [3.63, 3.8) is 0 Å². The summed E-state index contributed by atoms with van der Waals surface area (Å²) in [6.45, 7) is 0.667. The van der Waals surface area contributed by atoms with Crippen molar-refractivity contribution in [2.24, 2.45) is 0 Å². The van der Waals surface area contributed by atoms with Gasteiger partial charge in [0.15, 0.2) is 0 Å². The Morgan fingerprint density at radius 3 is 2.58 bits per heavy atom. The first-order chi connectivity index (χ1) is 11.7. The highest BCUT2D eigenvalue weighted by molar-refractivity contribution is 5.38. The van der Waals surface area contributed by atoms with Crippen molar-refractivity contribution in [2.45, 2.75) is 31.2 Å². The van der Waals surface area contributed by atoms with Gasteiger partial charge in [0.1, 0.15) is 24.3 Å². The van der Waals surface area contributed by atoms with Crippen LogP contribution < -0.4 is 0 Å². The number of aromatic nitrogens is 3. The molecule has 1 aliphatic rings. The summed E-state index contributed by atoms with van der Waals surface area (Å²) >= 11 is 0. The van der Waals surface area contributed by atoms with Gasteiger partial charge in [-0.1, -0.05) is 18.2 Å². The fourth-order valence-corrected chi connectivity index (χ4v) is 3.74. The molecular weight excluding hydrogens is 308 g/mol. The number of hydrogen-bond acceptors (Lipinski definition) is 2. The van der Waals surface area contributed by atoms with Crippen LogP contribution in [0.1, 0.15) is 34.9 Å². The van der Waals surface area contributed by atoms with Crippen LogP contribution in [0.25, 0.3) is 0 Å². The topological polar surface area (TPSA) is 30.7 Å². The summed E-state index contributed by atoms with van der Waals surface area (Å²) in [5.41, 5.74) is 3.31. The van der Waals surface area contributed by atoms with Gasteiger partial charge in [-0.05, 0) is 59.7 Å². The third-order valence-corrected chi connectivity index (χ3v) is 4.86. The maximum absolute atomic E-state index is 13.6. The lowest BCUT2D eigenvalue weighted by Crippen LogP contribution is -2.24. The largest absolute Gasteiger partial charge is 0.252 e. The minimum Gasteiger partial charge on any atom is -0.252 e. The van der Waals surface area contributed by atoms with Crippen LogP contribution in [0.2, 0.25) is 0 Å². The van der Waals surface area contributed by atoms with Gasteiger partial charge < -0.3 is 0 Å². The van der Waals surface area contributed by atoms with Crippen molar-refractivity contribution in [2.75, 3.05) is 0 Å². The molecule has 1 aliphatic carbocycles. The van der Waals surface area contributed by atoms with Crippen molar-refractivity contribution >= 4 is 0 Å². The zero-order valence-electron chi connectivity index (χ0n) is 13.1. The normalized spacial score (nSPS) is 19.9. The van der Waals surface area contributed by atoms with Gasteiger partial charge in [-0.25, -0.2) is 13.8 Å². The fourth-order valence-electron chi connectivity index (χ4n) is 3.74. The second-order valence-electron chi connectivity index (χ2n) is 6.26. The van der Waals surface area contributed by atoms with E-state index in [-0.39, 0.29) is 23.5 Å². The van der Waals surface area contributed by atoms with Crippen LogP contribution in [0.3, 0.4) is 0 Å². The minimum atomic E-state index is -0.232. The second kappa shape index (κ2) is 6.15. The molecular formula is C19H17F2N3. The third kappa shape index (κ3) is 2.82. The molecule has 0 spiro atoms. The number of fused-ring (bicyclic) bond motifs is 1. The lowest BCUT2D eigenvalue weighted by molar-refractivity contribution is 0.403. The van der Waals surface area contributed by atoms with Crippen LogP contribution in [0.15, 0.2) is 55.1 Å². The van der Waals surface area contributed by atoms with Crippen molar-refractivity contribution < 1.29 is 8.78 Å². The summed E-state index contributed by atoms with van der Waals surface area (Å²) in [4.78, 5) is 4.01. The lowest BCUT2D eigenvalue weighted by Gasteiger charge is -2.34. The predicted octanol–water partition coefficient (Wildman–Crippen LogP) is 4.07. The summed E-state index contributed by atoms with van der Waals surface area (Å²) in [6, 6.07) is 11.7. The van der Waals surface area contributed by atoms with E-state index in [1.54, 1.807) is 17.1 Å². The standard InChI is InChI=1S/C19H17F2N3/c20-15-4-1-13(2-5-15)17-7-3-14-9-16(21)6-8-18(14)19(17)10-24-12-22-11-23-24/h1-2,4-6,8-9,11-12,17,19H,3,7,10H2. The van der Waals surface area contributed by atoms with Gasteiger partial charge >= 0.3 is 0 Å². The number of nitrogens with zero attached hydrogens (tertiary/aromatic N) is 3. The van der Waals surface area contributed by atoms with E-state index in [2.05, 4.69) is 10.1 Å². The molecule has 0 bridgehead atoms. The molecule has 0 fully saturated rings. The quantitative estimate of drug-likeness (QED) is 0.727. The molecule has 0 aliphatic heterocycles. The molecule has 3 nitrogen and oxygen atoms in total. The smallest absolute Gasteiger partial charge is 0.137 e. The van der Waals surface area contributed by atoms with Crippen LogP contribution in [-0.4, -0.2) is 14.8 Å². The van der Waals surface area contributed by atoms with E-state index in [0.717, 1.165) is 29.5 Å². The molecule has 0 amide bonds. The average Bonchev–Trinajstić information content (AvgIpc) is 3.09. The minimum absolute atomic E-state index is 0.154. The summed E-state index contributed by atoms with van der Waals surface area (Å²) in [6.07, 6.45) is 4.94. The van der Waals surface area contributed by atoms with Gasteiger partial charge in [0.2, 0.25) is 0 Å². The summed E-state index contributed by atoms with van der Waals surface area (Å²) in [7, 11) is 0. The molecule has 5 heteroatoms. The highest BCUT2D eigenvalue weighted by atomic mass is 19.1.